The van der Waals surface area contributed by atoms with Gasteiger partial charge in [0, 0.05) is 51.2 Å². The molecule has 0 aliphatic carbocycles. The Morgan fingerprint density at radius 2 is 1.37 bits per heavy atom. The van der Waals surface area contributed by atoms with Crippen LogP contribution in [-0.2, 0) is 28.7 Å². The highest BCUT2D eigenvalue weighted by Gasteiger charge is 2.23. The molecule has 0 unspecified atom stereocenters. The summed E-state index contributed by atoms with van der Waals surface area (Å²) in [6.45, 7) is 2.12. The number of hydrogen-bond donors (Lipinski definition) is 4. The number of carboxylic acid groups (broad SMARTS) is 1. The predicted molar refractivity (Wildman–Crippen MR) is 103 cm³/mol. The Morgan fingerprint density at radius 1 is 0.800 bits per heavy atom. The van der Waals surface area contributed by atoms with Crippen LogP contribution < -0.4 is 16.0 Å². The van der Waals surface area contributed by atoms with Gasteiger partial charge in [-0.25, -0.2) is 4.79 Å². The van der Waals surface area contributed by atoms with Crippen molar-refractivity contribution in [3.8, 4) is 0 Å². The summed E-state index contributed by atoms with van der Waals surface area (Å²) in [5.41, 5.74) is 0. The van der Waals surface area contributed by atoms with Crippen LogP contribution in [0.1, 0.15) is 19.3 Å². The summed E-state index contributed by atoms with van der Waals surface area (Å²) >= 11 is 0. The van der Waals surface area contributed by atoms with Gasteiger partial charge in [0.15, 0.2) is 0 Å². The minimum Gasteiger partial charge on any atom is -0.465 e. The maximum atomic E-state index is 11.7. The second-order valence-corrected chi connectivity index (χ2v) is 6.17. The number of carbonyl (C=O) groups is 5. The van der Waals surface area contributed by atoms with Gasteiger partial charge in [-0.2, -0.15) is 0 Å². The van der Waals surface area contributed by atoms with Crippen LogP contribution >= 0.6 is 0 Å². The van der Waals surface area contributed by atoms with Crippen molar-refractivity contribution in [3.05, 3.63) is 12.2 Å². The van der Waals surface area contributed by atoms with Crippen LogP contribution in [0.2, 0.25) is 0 Å². The molecule has 12 heteroatoms. The molecule has 0 atom stereocenters. The number of nitrogens with zero attached hydrogens (tertiary/aromatic N) is 1. The molecule has 0 saturated carbocycles. The van der Waals surface area contributed by atoms with Crippen LogP contribution in [0.3, 0.4) is 0 Å². The summed E-state index contributed by atoms with van der Waals surface area (Å²) in [7, 11) is 0. The van der Waals surface area contributed by atoms with E-state index in [2.05, 4.69) is 16.0 Å². The van der Waals surface area contributed by atoms with Gasteiger partial charge in [-0.3, -0.25) is 24.1 Å². The third-order valence-electron chi connectivity index (χ3n) is 3.83. The first kappa shape index (κ1) is 25.0. The maximum absolute atomic E-state index is 11.7. The number of imide groups is 1. The lowest BCUT2D eigenvalue weighted by atomic mass is 10.3. The molecule has 0 fully saturated rings. The molecule has 0 radical (unpaired) electrons. The van der Waals surface area contributed by atoms with Crippen LogP contribution in [0, 0.1) is 0 Å². The normalized spacial score (nSPS) is 12.9. The molecule has 0 bridgehead atoms. The van der Waals surface area contributed by atoms with Gasteiger partial charge < -0.3 is 30.5 Å². The van der Waals surface area contributed by atoms with E-state index < -0.39 is 17.9 Å². The topological polar surface area (TPSA) is 163 Å². The summed E-state index contributed by atoms with van der Waals surface area (Å²) < 4.78 is 10.6. The molecular weight excluding hydrogens is 400 g/mol. The molecule has 0 aromatic heterocycles. The van der Waals surface area contributed by atoms with Crippen LogP contribution in [0.4, 0.5) is 4.79 Å². The minimum absolute atomic E-state index is 0.0282. The molecule has 0 aromatic carbocycles. The van der Waals surface area contributed by atoms with Crippen LogP contribution in [-0.4, -0.2) is 92.3 Å². The van der Waals surface area contributed by atoms with Gasteiger partial charge in [0.1, 0.15) is 0 Å². The van der Waals surface area contributed by atoms with Gasteiger partial charge in [-0.15, -0.1) is 0 Å². The first-order chi connectivity index (χ1) is 14.4. The summed E-state index contributed by atoms with van der Waals surface area (Å²) in [4.78, 5) is 57.1. The zero-order valence-corrected chi connectivity index (χ0v) is 16.7. The zero-order chi connectivity index (χ0) is 22.2. The van der Waals surface area contributed by atoms with E-state index >= 15 is 0 Å². The third-order valence-corrected chi connectivity index (χ3v) is 3.83. The van der Waals surface area contributed by atoms with Crippen molar-refractivity contribution >= 4 is 29.7 Å². The highest BCUT2D eigenvalue weighted by atomic mass is 16.5. The first-order valence-electron chi connectivity index (χ1n) is 9.59. The summed E-state index contributed by atoms with van der Waals surface area (Å²) in [6, 6.07) is 0. The molecule has 0 saturated heterocycles. The first-order valence-corrected chi connectivity index (χ1v) is 9.59. The highest BCUT2D eigenvalue weighted by Crippen LogP contribution is 2.03. The molecule has 12 nitrogen and oxygen atoms in total. The fourth-order valence-electron chi connectivity index (χ4n) is 2.30. The van der Waals surface area contributed by atoms with Gasteiger partial charge in [-0.1, -0.05) is 0 Å². The second kappa shape index (κ2) is 14.9. The molecule has 0 spiro atoms. The zero-order valence-electron chi connectivity index (χ0n) is 16.7. The van der Waals surface area contributed by atoms with Crippen molar-refractivity contribution in [2.45, 2.75) is 19.3 Å². The van der Waals surface area contributed by atoms with E-state index in [1.807, 2.05) is 0 Å². The van der Waals surface area contributed by atoms with Crippen molar-refractivity contribution in [1.82, 2.24) is 20.9 Å². The Morgan fingerprint density at radius 3 is 2.03 bits per heavy atom. The van der Waals surface area contributed by atoms with Crippen molar-refractivity contribution < 1.29 is 38.6 Å². The molecule has 1 aliphatic rings. The summed E-state index contributed by atoms with van der Waals surface area (Å²) in [5.74, 6) is -1.29. The molecule has 5 amide bonds. The van der Waals surface area contributed by atoms with Crippen molar-refractivity contribution in [2.24, 2.45) is 0 Å². The summed E-state index contributed by atoms with van der Waals surface area (Å²) in [5, 5.41) is 15.9. The molecule has 1 rings (SSSR count). The van der Waals surface area contributed by atoms with E-state index in [1.165, 1.54) is 12.2 Å². The van der Waals surface area contributed by atoms with Gasteiger partial charge >= 0.3 is 6.09 Å². The third kappa shape index (κ3) is 11.8. The number of nitrogens with one attached hydrogen (secondary N) is 3. The molecule has 168 valence electrons. The lowest BCUT2D eigenvalue weighted by molar-refractivity contribution is -0.137. The Labute approximate surface area is 173 Å². The van der Waals surface area contributed by atoms with Crippen molar-refractivity contribution in [3.63, 3.8) is 0 Å². The maximum Gasteiger partial charge on any atom is 0.404 e. The van der Waals surface area contributed by atoms with Crippen molar-refractivity contribution in [1.29, 1.82) is 0 Å². The average Bonchev–Trinajstić information content (AvgIpc) is 3.02. The molecule has 30 heavy (non-hydrogen) atoms. The van der Waals surface area contributed by atoms with Crippen LogP contribution in [0.5, 0.6) is 0 Å². The monoisotopic (exact) mass is 428 g/mol. The second-order valence-electron chi connectivity index (χ2n) is 6.17. The van der Waals surface area contributed by atoms with E-state index in [9.17, 15) is 24.0 Å². The van der Waals surface area contributed by atoms with Gasteiger partial charge in [0.05, 0.1) is 26.4 Å². The molecule has 4 N–H and O–H groups in total. The number of carbonyl (C=O) groups excluding carboxylic acids is 4. The van der Waals surface area contributed by atoms with E-state index in [0.717, 1.165) is 4.90 Å². The van der Waals surface area contributed by atoms with E-state index in [1.54, 1.807) is 0 Å². The summed E-state index contributed by atoms with van der Waals surface area (Å²) in [6.07, 6.45) is 1.98. The minimum atomic E-state index is -1.09. The fourth-order valence-corrected chi connectivity index (χ4v) is 2.30. The quantitative estimate of drug-likeness (QED) is 0.172. The standard InChI is InChI=1S/C18H28N4O8/c23-14(4-9-22-16(25)2-3-17(22)26)20-8-11-30-13-12-29-10-5-15(24)19-6-1-7-21-18(27)28/h2-3,21H,1,4-13H2,(H,19,24)(H,20,23)(H,27,28). The fraction of sp³-hybridized carbons (Fsp3) is 0.611. The van der Waals surface area contributed by atoms with E-state index in [4.69, 9.17) is 14.6 Å². The van der Waals surface area contributed by atoms with Crippen molar-refractivity contribution in [2.75, 3.05) is 52.6 Å². The lowest BCUT2D eigenvalue weighted by Crippen LogP contribution is -2.35. The predicted octanol–water partition coefficient (Wildman–Crippen LogP) is -1.39. The molecule has 0 aromatic rings. The average molecular weight is 428 g/mol. The Kier molecular flexibility index (Phi) is 12.5. The number of ether oxygens (including phenoxy) is 2. The Bertz CT molecular complexity index is 620. The Hall–Kier alpha value is -2.99. The van der Waals surface area contributed by atoms with Gasteiger partial charge in [0.25, 0.3) is 11.8 Å². The van der Waals surface area contributed by atoms with Gasteiger partial charge in [0.2, 0.25) is 11.8 Å². The highest BCUT2D eigenvalue weighted by molar-refractivity contribution is 6.13. The number of rotatable bonds is 16. The number of hydrogen-bond acceptors (Lipinski definition) is 7. The lowest BCUT2D eigenvalue weighted by Gasteiger charge is -2.13. The SMILES string of the molecule is O=C(O)NCCCNC(=O)CCOCCOCCNC(=O)CCN1C(=O)C=CC1=O. The molecule has 1 aliphatic heterocycles. The smallest absolute Gasteiger partial charge is 0.404 e. The van der Waals surface area contributed by atoms with E-state index in [-0.39, 0.29) is 57.5 Å². The van der Waals surface area contributed by atoms with Crippen LogP contribution in [0.25, 0.3) is 0 Å². The van der Waals surface area contributed by atoms with E-state index in [0.29, 0.717) is 26.2 Å². The van der Waals surface area contributed by atoms with Crippen LogP contribution in [0.15, 0.2) is 12.2 Å². The Balaban J connectivity index is 1.86. The number of amides is 5. The van der Waals surface area contributed by atoms with Gasteiger partial charge in [-0.05, 0) is 6.42 Å². The molecule has 1 heterocycles. The largest absolute Gasteiger partial charge is 0.465 e. The molecular formula is C18H28N4O8.